The fourth-order valence-corrected chi connectivity index (χ4v) is 3.59. The van der Waals surface area contributed by atoms with Gasteiger partial charge in [-0.15, -0.1) is 5.10 Å². The van der Waals surface area contributed by atoms with E-state index in [2.05, 4.69) is 26.3 Å². The number of hydrogen-bond acceptors (Lipinski definition) is 5. The molecule has 1 aliphatic heterocycles. The number of nitrogens with one attached hydrogen (secondary N) is 3. The standard InChI is InChI=1S/C19H22N6O3/c26-16(21-17(13-7-4-8-13)12-5-2-1-3-6-12)11-25-10-14(23-24-25)9-15-18(27)22-19(28)20-15/h1-3,5-6,10,13,15,17H,4,7-9,11H2,(H,21,26)(H2,20,22,27,28)/t15-,17-/m1/s1. The molecule has 1 saturated heterocycles. The van der Waals surface area contributed by atoms with Gasteiger partial charge in [0.15, 0.2) is 0 Å². The minimum Gasteiger partial charge on any atom is -0.347 e. The molecule has 0 spiro atoms. The van der Waals surface area contributed by atoms with Gasteiger partial charge < -0.3 is 10.6 Å². The molecular formula is C19H22N6O3. The lowest BCUT2D eigenvalue weighted by Crippen LogP contribution is -2.38. The van der Waals surface area contributed by atoms with Crippen molar-refractivity contribution < 1.29 is 14.4 Å². The van der Waals surface area contributed by atoms with Crippen molar-refractivity contribution in [1.82, 2.24) is 30.9 Å². The molecule has 4 rings (SSSR count). The van der Waals surface area contributed by atoms with Gasteiger partial charge in [0.2, 0.25) is 5.91 Å². The molecule has 2 aromatic rings. The zero-order valence-corrected chi connectivity index (χ0v) is 15.3. The van der Waals surface area contributed by atoms with E-state index in [1.807, 2.05) is 30.3 Å². The van der Waals surface area contributed by atoms with Gasteiger partial charge in [-0.3, -0.25) is 14.9 Å². The Labute approximate surface area is 161 Å². The van der Waals surface area contributed by atoms with Crippen molar-refractivity contribution in [2.45, 2.75) is 44.3 Å². The molecule has 4 amide bonds. The smallest absolute Gasteiger partial charge is 0.322 e. The Kier molecular flexibility index (Phi) is 5.05. The number of urea groups is 1. The molecule has 9 nitrogen and oxygen atoms in total. The Morgan fingerprint density at radius 1 is 1.25 bits per heavy atom. The number of carbonyl (C=O) groups excluding carboxylic acids is 3. The van der Waals surface area contributed by atoms with Crippen LogP contribution in [0.5, 0.6) is 0 Å². The molecule has 2 atom stereocenters. The SMILES string of the molecule is O=C(Cn1cc(C[C@H]2NC(=O)NC2=O)nn1)N[C@H](c1ccccc1)C1CCC1. The van der Waals surface area contributed by atoms with Crippen molar-refractivity contribution in [3.05, 3.63) is 47.8 Å². The van der Waals surface area contributed by atoms with Gasteiger partial charge in [0.1, 0.15) is 12.6 Å². The summed E-state index contributed by atoms with van der Waals surface area (Å²) in [6.45, 7) is 0.0479. The van der Waals surface area contributed by atoms with Crippen LogP contribution >= 0.6 is 0 Å². The fraction of sp³-hybridized carbons (Fsp3) is 0.421. The predicted octanol–water partition coefficient (Wildman–Crippen LogP) is 0.686. The number of hydrogen-bond donors (Lipinski definition) is 3. The van der Waals surface area contributed by atoms with Crippen molar-refractivity contribution in [1.29, 1.82) is 0 Å². The van der Waals surface area contributed by atoms with Crippen LogP contribution in [0, 0.1) is 5.92 Å². The van der Waals surface area contributed by atoms with E-state index in [-0.39, 0.29) is 30.8 Å². The second kappa shape index (κ2) is 7.79. The second-order valence-electron chi connectivity index (χ2n) is 7.27. The summed E-state index contributed by atoms with van der Waals surface area (Å²) in [5.74, 6) is -0.0604. The molecule has 1 saturated carbocycles. The highest BCUT2D eigenvalue weighted by Crippen LogP contribution is 2.37. The van der Waals surface area contributed by atoms with Crippen molar-refractivity contribution in [2.75, 3.05) is 0 Å². The predicted molar refractivity (Wildman–Crippen MR) is 98.9 cm³/mol. The number of imide groups is 1. The van der Waals surface area contributed by atoms with Crippen LogP contribution in [0.1, 0.15) is 36.6 Å². The van der Waals surface area contributed by atoms with E-state index in [1.165, 1.54) is 11.1 Å². The third-order valence-corrected chi connectivity index (χ3v) is 5.26. The quantitative estimate of drug-likeness (QED) is 0.609. The highest BCUT2D eigenvalue weighted by Gasteiger charge is 2.31. The number of nitrogens with zero attached hydrogens (tertiary/aromatic N) is 3. The topological polar surface area (TPSA) is 118 Å². The molecule has 2 heterocycles. The lowest BCUT2D eigenvalue weighted by Gasteiger charge is -2.34. The Hall–Kier alpha value is -3.23. The summed E-state index contributed by atoms with van der Waals surface area (Å²) >= 11 is 0. The van der Waals surface area contributed by atoms with Crippen LogP contribution < -0.4 is 16.0 Å². The highest BCUT2D eigenvalue weighted by molar-refractivity contribution is 6.04. The van der Waals surface area contributed by atoms with Gasteiger partial charge in [0, 0.05) is 12.6 Å². The van der Waals surface area contributed by atoms with E-state index in [1.54, 1.807) is 6.20 Å². The summed E-state index contributed by atoms with van der Waals surface area (Å²) in [5.41, 5.74) is 1.65. The first-order valence-electron chi connectivity index (χ1n) is 9.43. The summed E-state index contributed by atoms with van der Waals surface area (Å²) in [7, 11) is 0. The van der Waals surface area contributed by atoms with Crippen molar-refractivity contribution in [3.8, 4) is 0 Å². The third kappa shape index (κ3) is 4.03. The number of carbonyl (C=O) groups is 3. The average molecular weight is 382 g/mol. The first-order valence-corrected chi connectivity index (χ1v) is 9.43. The van der Waals surface area contributed by atoms with Gasteiger partial charge in [0.25, 0.3) is 5.91 Å². The van der Waals surface area contributed by atoms with Crippen LogP contribution in [0.3, 0.4) is 0 Å². The Morgan fingerprint density at radius 2 is 2.04 bits per heavy atom. The zero-order valence-electron chi connectivity index (χ0n) is 15.3. The molecule has 1 aliphatic carbocycles. The molecule has 1 aromatic heterocycles. The summed E-state index contributed by atoms with van der Waals surface area (Å²) in [5, 5.41) is 15.8. The Bertz CT molecular complexity index is 877. The van der Waals surface area contributed by atoms with Crippen molar-refractivity contribution in [2.24, 2.45) is 5.92 Å². The maximum atomic E-state index is 12.6. The van der Waals surface area contributed by atoms with E-state index < -0.39 is 12.1 Å². The molecule has 3 N–H and O–H groups in total. The van der Waals surface area contributed by atoms with E-state index >= 15 is 0 Å². The summed E-state index contributed by atoms with van der Waals surface area (Å²) in [6, 6.07) is 8.84. The molecule has 2 fully saturated rings. The monoisotopic (exact) mass is 382 g/mol. The van der Waals surface area contributed by atoms with Crippen LogP contribution in [0.25, 0.3) is 0 Å². The van der Waals surface area contributed by atoms with Crippen molar-refractivity contribution in [3.63, 3.8) is 0 Å². The zero-order chi connectivity index (χ0) is 19.5. The number of aromatic nitrogens is 3. The lowest BCUT2D eigenvalue weighted by atomic mass is 9.77. The van der Waals surface area contributed by atoms with Crippen LogP contribution in [0.15, 0.2) is 36.5 Å². The van der Waals surface area contributed by atoms with Crippen LogP contribution in [0.2, 0.25) is 0 Å². The van der Waals surface area contributed by atoms with E-state index in [0.29, 0.717) is 11.6 Å². The highest BCUT2D eigenvalue weighted by atomic mass is 16.2. The normalized spacial score (nSPS) is 20.2. The first-order chi connectivity index (χ1) is 13.6. The van der Waals surface area contributed by atoms with E-state index in [4.69, 9.17) is 0 Å². The average Bonchev–Trinajstić information content (AvgIpc) is 3.19. The summed E-state index contributed by atoms with van der Waals surface area (Å²) in [6.07, 6.45) is 5.28. The molecule has 28 heavy (non-hydrogen) atoms. The van der Waals surface area contributed by atoms with Gasteiger partial charge in [-0.25, -0.2) is 9.48 Å². The van der Waals surface area contributed by atoms with Crippen LogP contribution in [-0.2, 0) is 22.6 Å². The van der Waals surface area contributed by atoms with Gasteiger partial charge in [0.05, 0.1) is 11.7 Å². The van der Waals surface area contributed by atoms with E-state index in [0.717, 1.165) is 18.4 Å². The number of rotatable bonds is 7. The van der Waals surface area contributed by atoms with Crippen LogP contribution in [-0.4, -0.2) is 38.9 Å². The molecule has 146 valence electrons. The molecule has 0 unspecified atom stereocenters. The maximum Gasteiger partial charge on any atom is 0.322 e. The van der Waals surface area contributed by atoms with E-state index in [9.17, 15) is 14.4 Å². The maximum absolute atomic E-state index is 12.6. The van der Waals surface area contributed by atoms with Gasteiger partial charge in [-0.05, 0) is 24.3 Å². The Morgan fingerprint density at radius 3 is 2.68 bits per heavy atom. The minimum absolute atomic E-state index is 0.00263. The lowest BCUT2D eigenvalue weighted by molar-refractivity contribution is -0.123. The minimum atomic E-state index is -0.660. The largest absolute Gasteiger partial charge is 0.347 e. The number of benzene rings is 1. The molecule has 9 heteroatoms. The second-order valence-corrected chi connectivity index (χ2v) is 7.27. The molecule has 2 aliphatic rings. The Balaban J connectivity index is 1.36. The van der Waals surface area contributed by atoms with Gasteiger partial charge in [-0.1, -0.05) is 42.0 Å². The first kappa shape index (κ1) is 18.1. The number of amides is 4. The van der Waals surface area contributed by atoms with Crippen molar-refractivity contribution >= 4 is 17.8 Å². The van der Waals surface area contributed by atoms with Crippen LogP contribution in [0.4, 0.5) is 4.79 Å². The fourth-order valence-electron chi connectivity index (χ4n) is 3.59. The molecular weight excluding hydrogens is 360 g/mol. The van der Waals surface area contributed by atoms with Gasteiger partial charge >= 0.3 is 6.03 Å². The summed E-state index contributed by atoms with van der Waals surface area (Å²) < 4.78 is 1.45. The molecule has 0 radical (unpaired) electrons. The molecule has 0 bridgehead atoms. The van der Waals surface area contributed by atoms with Gasteiger partial charge in [-0.2, -0.15) is 0 Å². The molecule has 1 aromatic carbocycles. The third-order valence-electron chi connectivity index (χ3n) is 5.26. The summed E-state index contributed by atoms with van der Waals surface area (Å²) in [4.78, 5) is 35.4.